The summed E-state index contributed by atoms with van der Waals surface area (Å²) in [5, 5.41) is 3.75. The van der Waals surface area contributed by atoms with Crippen LogP contribution in [0, 0.1) is 5.82 Å². The van der Waals surface area contributed by atoms with Gasteiger partial charge in [0.25, 0.3) is 11.8 Å². The molecule has 1 aliphatic carbocycles. The number of nitrogens with two attached hydrogens (primary N) is 1. The number of halogens is 4. The van der Waals surface area contributed by atoms with Gasteiger partial charge in [0.2, 0.25) is 0 Å². The normalized spacial score (nSPS) is 21.7. The van der Waals surface area contributed by atoms with Crippen molar-refractivity contribution in [2.45, 2.75) is 102 Å². The van der Waals surface area contributed by atoms with E-state index in [9.17, 15) is 22.8 Å². The highest BCUT2D eigenvalue weighted by Crippen LogP contribution is 2.43. The maximum absolute atomic E-state index is 16.2. The van der Waals surface area contributed by atoms with Crippen LogP contribution in [0.4, 0.5) is 17.6 Å². The molecule has 3 atom stereocenters. The van der Waals surface area contributed by atoms with Gasteiger partial charge in [-0.25, -0.2) is 19.3 Å². The van der Waals surface area contributed by atoms with Gasteiger partial charge in [-0.2, -0.15) is 13.2 Å². The molecular formula is C38H40F4N8O2. The number of hydrogen-bond acceptors (Lipinski definition) is 6. The Labute approximate surface area is 297 Å². The SMILES string of the molecule is C[C@@H]1[C@H](N)CCCN1C(=O)c1cc(F)c2c(c1)nc(-c1cc3ccc4nc3n1CCCCCc1nc(C(F)(F)F)ccc1C(=O)N[C@@H]4C)n2C1CC1. The Bertz CT molecular complexity index is 2220. The van der Waals surface area contributed by atoms with Crippen LogP contribution in [-0.4, -0.2) is 59.4 Å². The molecule has 52 heavy (non-hydrogen) atoms. The highest BCUT2D eigenvalue weighted by atomic mass is 19.4. The number of nitrogens with one attached hydrogen (secondary N) is 1. The van der Waals surface area contributed by atoms with Gasteiger partial charge in [0, 0.05) is 42.2 Å². The lowest BCUT2D eigenvalue weighted by Crippen LogP contribution is -2.52. The van der Waals surface area contributed by atoms with Crippen molar-refractivity contribution in [2.75, 3.05) is 6.54 Å². The van der Waals surface area contributed by atoms with Crippen molar-refractivity contribution in [3.63, 3.8) is 0 Å². The van der Waals surface area contributed by atoms with E-state index in [1.54, 1.807) is 17.9 Å². The van der Waals surface area contributed by atoms with E-state index < -0.39 is 29.6 Å². The molecule has 2 aliphatic heterocycles. The monoisotopic (exact) mass is 716 g/mol. The summed E-state index contributed by atoms with van der Waals surface area (Å²) in [5.41, 5.74) is 8.46. The quantitative estimate of drug-likeness (QED) is 0.192. The number of benzene rings is 1. The minimum atomic E-state index is -4.63. The molecule has 4 aromatic heterocycles. The van der Waals surface area contributed by atoms with Gasteiger partial charge < -0.3 is 25.1 Å². The molecule has 3 aliphatic rings. The number of imidazole rings is 1. The molecule has 10 nitrogen and oxygen atoms in total. The van der Waals surface area contributed by atoms with Crippen molar-refractivity contribution >= 4 is 33.9 Å². The van der Waals surface area contributed by atoms with Gasteiger partial charge in [0.05, 0.1) is 34.2 Å². The second-order valence-electron chi connectivity index (χ2n) is 14.4. The van der Waals surface area contributed by atoms with Crippen LogP contribution >= 0.6 is 0 Å². The number of carbonyl (C=O) groups excluding carboxylic acids is 2. The number of aromatic nitrogens is 5. The van der Waals surface area contributed by atoms with E-state index >= 15 is 4.39 Å². The van der Waals surface area contributed by atoms with Crippen LogP contribution in [0.25, 0.3) is 33.6 Å². The van der Waals surface area contributed by atoms with Gasteiger partial charge in [-0.3, -0.25) is 9.59 Å². The van der Waals surface area contributed by atoms with Crippen molar-refractivity contribution in [3.05, 3.63) is 76.5 Å². The number of rotatable bonds is 3. The number of aryl methyl sites for hydroxylation is 2. The van der Waals surface area contributed by atoms with E-state index in [-0.39, 0.29) is 47.3 Å². The molecule has 8 rings (SSSR count). The third kappa shape index (κ3) is 6.10. The molecule has 3 N–H and O–H groups in total. The van der Waals surface area contributed by atoms with E-state index in [1.165, 1.54) is 12.1 Å². The Balaban J connectivity index is 1.19. The average molecular weight is 717 g/mol. The lowest BCUT2D eigenvalue weighted by Gasteiger charge is -2.37. The molecular weight excluding hydrogens is 676 g/mol. The molecule has 1 saturated heterocycles. The number of pyridine rings is 2. The van der Waals surface area contributed by atoms with Crippen LogP contribution in [0.3, 0.4) is 0 Å². The van der Waals surface area contributed by atoms with E-state index in [1.807, 2.05) is 29.7 Å². The van der Waals surface area contributed by atoms with Gasteiger partial charge in [-0.15, -0.1) is 0 Å². The summed E-state index contributed by atoms with van der Waals surface area (Å²) in [6, 6.07) is 9.94. The van der Waals surface area contributed by atoms with Crippen LogP contribution in [0.15, 0.2) is 42.5 Å². The Morgan fingerprint density at radius 2 is 1.75 bits per heavy atom. The van der Waals surface area contributed by atoms with Gasteiger partial charge in [-0.05, 0) is 101 Å². The van der Waals surface area contributed by atoms with E-state index in [0.717, 1.165) is 42.8 Å². The van der Waals surface area contributed by atoms with Crippen molar-refractivity contribution in [3.8, 4) is 11.5 Å². The number of fused-ring (bicyclic) bond motifs is 3. The molecule has 14 heteroatoms. The maximum atomic E-state index is 16.2. The number of hydrogen-bond donors (Lipinski definition) is 2. The topological polar surface area (TPSA) is 124 Å². The molecule has 2 bridgehead atoms. The fourth-order valence-electron chi connectivity index (χ4n) is 7.74. The zero-order chi connectivity index (χ0) is 36.5. The van der Waals surface area contributed by atoms with Crippen LogP contribution < -0.4 is 11.1 Å². The molecule has 0 unspecified atom stereocenters. The summed E-state index contributed by atoms with van der Waals surface area (Å²) in [7, 11) is 0. The summed E-state index contributed by atoms with van der Waals surface area (Å²) < 4.78 is 60.8. The molecule has 1 saturated carbocycles. The van der Waals surface area contributed by atoms with Gasteiger partial charge in [-0.1, -0.05) is 6.42 Å². The first-order chi connectivity index (χ1) is 24.9. The van der Waals surface area contributed by atoms with Gasteiger partial charge >= 0.3 is 6.18 Å². The molecule has 2 amide bonds. The van der Waals surface area contributed by atoms with E-state index in [0.29, 0.717) is 60.6 Å². The minimum Gasteiger partial charge on any atom is -0.344 e. The Kier molecular flexibility index (Phi) is 8.55. The molecule has 272 valence electrons. The first-order valence-corrected chi connectivity index (χ1v) is 18.1. The predicted octanol–water partition coefficient (Wildman–Crippen LogP) is 7.11. The number of piperidine rings is 1. The number of alkyl halides is 3. The molecule has 6 heterocycles. The number of amides is 2. The fourth-order valence-corrected chi connectivity index (χ4v) is 7.74. The summed E-state index contributed by atoms with van der Waals surface area (Å²) in [4.78, 5) is 42.6. The van der Waals surface area contributed by atoms with Crippen molar-refractivity contribution in [1.29, 1.82) is 0 Å². The minimum absolute atomic E-state index is 0.0494. The average Bonchev–Trinajstić information content (AvgIpc) is 3.78. The fraction of sp³-hybridized carbons (Fsp3) is 0.447. The second kappa shape index (κ2) is 13.0. The smallest absolute Gasteiger partial charge is 0.344 e. The summed E-state index contributed by atoms with van der Waals surface area (Å²) >= 11 is 0. The second-order valence-corrected chi connectivity index (χ2v) is 14.4. The third-order valence-electron chi connectivity index (χ3n) is 10.8. The summed E-state index contributed by atoms with van der Waals surface area (Å²) in [6.07, 6.45) is 0.753. The summed E-state index contributed by atoms with van der Waals surface area (Å²) in [6.45, 7) is 4.78. The van der Waals surface area contributed by atoms with E-state index in [2.05, 4.69) is 14.9 Å². The third-order valence-corrected chi connectivity index (χ3v) is 10.8. The molecule has 2 fully saturated rings. The number of carbonyl (C=O) groups is 2. The maximum Gasteiger partial charge on any atom is 0.433 e. The zero-order valence-electron chi connectivity index (χ0n) is 29.0. The van der Waals surface area contributed by atoms with Crippen LogP contribution in [0.5, 0.6) is 0 Å². The summed E-state index contributed by atoms with van der Waals surface area (Å²) in [5.74, 6) is -0.715. The molecule has 0 radical (unpaired) electrons. The number of nitrogens with zero attached hydrogens (tertiary/aromatic N) is 6. The molecule has 1 aromatic carbocycles. The highest BCUT2D eigenvalue weighted by molar-refractivity contribution is 5.99. The highest BCUT2D eigenvalue weighted by Gasteiger charge is 2.35. The van der Waals surface area contributed by atoms with E-state index in [4.69, 9.17) is 15.7 Å². The Morgan fingerprint density at radius 3 is 2.52 bits per heavy atom. The molecule has 5 aromatic rings. The van der Waals surface area contributed by atoms with Crippen LogP contribution in [0.1, 0.15) is 109 Å². The van der Waals surface area contributed by atoms with Crippen molar-refractivity contribution in [2.24, 2.45) is 5.73 Å². The first-order valence-electron chi connectivity index (χ1n) is 18.1. The first kappa shape index (κ1) is 34.2. The number of likely N-dealkylation sites (tertiary alicyclic amines) is 1. The van der Waals surface area contributed by atoms with Gasteiger partial charge in [0.1, 0.15) is 22.7 Å². The standard InChI is InChI=1S/C38H40F4N8O2/c1-20-28-13-9-22-19-31(49(34(22)46-28)15-5-3-4-8-29-25(36(51)44-20)12-14-32(45-29)38(40,41)42)35-47-30-18-23(17-26(39)33(30)50(35)24-10-11-24)37(52)48-16-6-7-27(43)21(48)2/h9,12-14,17-21,24,27H,3-8,10-11,15-16,43H2,1-2H3,(H,44,51)/t20-,21-,27-/m1/s1. The van der Waals surface area contributed by atoms with Crippen molar-refractivity contribution < 1.29 is 27.2 Å². The molecule has 0 spiro atoms. The van der Waals surface area contributed by atoms with Crippen LogP contribution in [0.2, 0.25) is 0 Å². The largest absolute Gasteiger partial charge is 0.433 e. The van der Waals surface area contributed by atoms with Gasteiger partial charge in [0.15, 0.2) is 5.82 Å². The van der Waals surface area contributed by atoms with Crippen LogP contribution in [-0.2, 0) is 19.1 Å². The lowest BCUT2D eigenvalue weighted by molar-refractivity contribution is -0.141. The Morgan fingerprint density at radius 1 is 0.942 bits per heavy atom. The predicted molar refractivity (Wildman–Crippen MR) is 187 cm³/mol. The Hall–Kier alpha value is -4.85. The van der Waals surface area contributed by atoms with Crippen molar-refractivity contribution in [1.82, 2.24) is 34.3 Å². The lowest BCUT2D eigenvalue weighted by atomic mass is 9.97. The zero-order valence-corrected chi connectivity index (χ0v) is 29.0.